The largest absolute Gasteiger partial charge is 0.379 e. The third kappa shape index (κ3) is 6.12. The van der Waals surface area contributed by atoms with E-state index in [-0.39, 0.29) is 6.03 Å². The van der Waals surface area contributed by atoms with E-state index in [1.165, 1.54) is 12.8 Å². The van der Waals surface area contributed by atoms with E-state index < -0.39 is 0 Å². The summed E-state index contributed by atoms with van der Waals surface area (Å²) in [5, 5.41) is 6.77. The summed E-state index contributed by atoms with van der Waals surface area (Å²) in [4.78, 5) is 11.6. The van der Waals surface area contributed by atoms with E-state index in [9.17, 15) is 4.79 Å². The smallest absolute Gasteiger partial charge is 0.314 e. The first kappa shape index (κ1) is 16.4. The van der Waals surface area contributed by atoms with Gasteiger partial charge in [0.1, 0.15) is 0 Å². The number of nitrogens with one attached hydrogen (secondary N) is 2. The first-order valence-corrected chi connectivity index (χ1v) is 7.94. The first-order valence-electron chi connectivity index (χ1n) is 7.19. The average molecular weight is 331 g/mol. The summed E-state index contributed by atoms with van der Waals surface area (Å²) < 4.78 is 5.44. The van der Waals surface area contributed by atoms with Crippen LogP contribution in [0.25, 0.3) is 0 Å². The second-order valence-corrected chi connectivity index (χ2v) is 5.97. The fourth-order valence-corrected chi connectivity index (χ4v) is 2.49. The summed E-state index contributed by atoms with van der Waals surface area (Å²) in [5.41, 5.74) is 0.855. The molecule has 0 saturated heterocycles. The molecule has 1 aromatic carbocycles. The zero-order chi connectivity index (χ0) is 15.1. The molecule has 116 valence electrons. The second kappa shape index (κ2) is 8.47. The topological polar surface area (TPSA) is 50.4 Å². The monoisotopic (exact) mass is 330 g/mol. The van der Waals surface area contributed by atoms with Gasteiger partial charge in [-0.1, -0.05) is 29.3 Å². The van der Waals surface area contributed by atoms with Gasteiger partial charge >= 0.3 is 6.03 Å². The highest BCUT2D eigenvalue weighted by Gasteiger charge is 2.20. The molecule has 2 amide bonds. The Kier molecular flexibility index (Phi) is 6.61. The number of halogens is 2. The van der Waals surface area contributed by atoms with Gasteiger partial charge in [0.05, 0.1) is 6.61 Å². The summed E-state index contributed by atoms with van der Waals surface area (Å²) >= 11 is 12.1. The van der Waals surface area contributed by atoms with E-state index >= 15 is 0 Å². The van der Waals surface area contributed by atoms with Crippen LogP contribution < -0.4 is 10.6 Å². The number of benzene rings is 1. The standard InChI is InChI=1S/C15H20Cl2N2O2/c16-13-2-1-3-14(17)12(13)6-7-18-15(20)19-8-9-21-10-11-4-5-11/h1-3,11H,4-10H2,(H2,18,19,20). The molecule has 0 unspecified atom stereocenters. The highest BCUT2D eigenvalue weighted by Crippen LogP contribution is 2.28. The van der Waals surface area contributed by atoms with Crippen LogP contribution in [0.3, 0.4) is 0 Å². The van der Waals surface area contributed by atoms with Crippen LogP contribution >= 0.6 is 23.2 Å². The van der Waals surface area contributed by atoms with Crippen LogP contribution in [0.15, 0.2) is 18.2 Å². The highest BCUT2D eigenvalue weighted by atomic mass is 35.5. The minimum atomic E-state index is -0.201. The quantitative estimate of drug-likeness (QED) is 0.719. The molecule has 0 atom stereocenters. The Bertz CT molecular complexity index is 458. The molecular formula is C15H20Cl2N2O2. The van der Waals surface area contributed by atoms with Crippen LogP contribution in [0, 0.1) is 5.92 Å². The van der Waals surface area contributed by atoms with E-state index in [0.717, 1.165) is 18.1 Å². The molecule has 0 spiro atoms. The summed E-state index contributed by atoms with van der Waals surface area (Å²) in [6.07, 6.45) is 3.15. The van der Waals surface area contributed by atoms with Gasteiger partial charge in [0.15, 0.2) is 0 Å². The molecule has 6 heteroatoms. The van der Waals surface area contributed by atoms with E-state index in [0.29, 0.717) is 36.2 Å². The molecular weight excluding hydrogens is 311 g/mol. The van der Waals surface area contributed by atoms with Crippen molar-refractivity contribution in [3.05, 3.63) is 33.8 Å². The molecule has 21 heavy (non-hydrogen) atoms. The van der Waals surface area contributed by atoms with Gasteiger partial charge in [0, 0.05) is 29.7 Å². The molecule has 1 fully saturated rings. The van der Waals surface area contributed by atoms with Gasteiger partial charge in [0.2, 0.25) is 0 Å². The number of rotatable bonds is 8. The number of hydrogen-bond donors (Lipinski definition) is 2. The normalized spacial score (nSPS) is 14.0. The maximum atomic E-state index is 11.6. The molecule has 0 radical (unpaired) electrons. The van der Waals surface area contributed by atoms with Crippen LogP contribution in [-0.4, -0.2) is 32.3 Å². The predicted octanol–water partition coefficient (Wildman–Crippen LogP) is 3.26. The Morgan fingerprint density at radius 1 is 1.19 bits per heavy atom. The average Bonchev–Trinajstić information content (AvgIpc) is 3.26. The predicted molar refractivity (Wildman–Crippen MR) is 85.1 cm³/mol. The molecule has 2 N–H and O–H groups in total. The van der Waals surface area contributed by atoms with E-state index in [4.69, 9.17) is 27.9 Å². The van der Waals surface area contributed by atoms with E-state index in [1.54, 1.807) is 18.2 Å². The zero-order valence-corrected chi connectivity index (χ0v) is 13.3. The van der Waals surface area contributed by atoms with Gasteiger partial charge in [0.25, 0.3) is 0 Å². The lowest BCUT2D eigenvalue weighted by Crippen LogP contribution is -2.38. The summed E-state index contributed by atoms with van der Waals surface area (Å²) in [7, 11) is 0. The Hall–Kier alpha value is -0.970. The Labute approximate surface area is 135 Å². The fraction of sp³-hybridized carbons (Fsp3) is 0.533. The summed E-state index contributed by atoms with van der Waals surface area (Å²) in [5.74, 6) is 0.749. The maximum absolute atomic E-state index is 11.6. The van der Waals surface area contributed by atoms with Crippen LogP contribution in [0.5, 0.6) is 0 Å². The van der Waals surface area contributed by atoms with Gasteiger partial charge in [-0.2, -0.15) is 0 Å². The zero-order valence-electron chi connectivity index (χ0n) is 11.8. The molecule has 0 bridgehead atoms. The van der Waals surface area contributed by atoms with Crippen LogP contribution in [0.2, 0.25) is 10.0 Å². The van der Waals surface area contributed by atoms with Crippen molar-refractivity contribution in [2.45, 2.75) is 19.3 Å². The van der Waals surface area contributed by atoms with Crippen molar-refractivity contribution in [2.75, 3.05) is 26.3 Å². The van der Waals surface area contributed by atoms with Gasteiger partial charge in [-0.05, 0) is 42.9 Å². The van der Waals surface area contributed by atoms with Crippen LogP contribution in [0.4, 0.5) is 4.79 Å². The Morgan fingerprint density at radius 3 is 2.52 bits per heavy atom. The van der Waals surface area contributed by atoms with Crippen LogP contribution in [-0.2, 0) is 11.2 Å². The molecule has 1 saturated carbocycles. The second-order valence-electron chi connectivity index (χ2n) is 5.15. The van der Waals surface area contributed by atoms with Gasteiger partial charge in [-0.3, -0.25) is 0 Å². The van der Waals surface area contributed by atoms with Crippen molar-refractivity contribution >= 4 is 29.2 Å². The van der Waals surface area contributed by atoms with Crippen molar-refractivity contribution in [2.24, 2.45) is 5.92 Å². The fourth-order valence-electron chi connectivity index (χ4n) is 1.91. The lowest BCUT2D eigenvalue weighted by molar-refractivity contribution is 0.127. The third-order valence-corrected chi connectivity index (χ3v) is 4.01. The van der Waals surface area contributed by atoms with Gasteiger partial charge in [-0.15, -0.1) is 0 Å². The molecule has 1 aliphatic carbocycles. The number of hydrogen-bond acceptors (Lipinski definition) is 2. The molecule has 4 nitrogen and oxygen atoms in total. The molecule has 1 aromatic rings. The lowest BCUT2D eigenvalue weighted by atomic mass is 10.1. The van der Waals surface area contributed by atoms with Gasteiger partial charge in [-0.25, -0.2) is 4.79 Å². The SMILES string of the molecule is O=C(NCCOCC1CC1)NCCc1c(Cl)cccc1Cl. The van der Waals surface area contributed by atoms with Gasteiger partial charge < -0.3 is 15.4 Å². The van der Waals surface area contributed by atoms with Crippen LogP contribution in [0.1, 0.15) is 18.4 Å². The van der Waals surface area contributed by atoms with E-state index in [1.807, 2.05) is 0 Å². The van der Waals surface area contributed by atoms with Crippen molar-refractivity contribution in [1.82, 2.24) is 10.6 Å². The van der Waals surface area contributed by atoms with Crippen molar-refractivity contribution < 1.29 is 9.53 Å². The van der Waals surface area contributed by atoms with Crippen molar-refractivity contribution in [3.63, 3.8) is 0 Å². The number of urea groups is 1. The molecule has 0 aromatic heterocycles. The molecule has 0 heterocycles. The van der Waals surface area contributed by atoms with Crippen molar-refractivity contribution in [3.8, 4) is 0 Å². The first-order chi connectivity index (χ1) is 10.2. The summed E-state index contributed by atoms with van der Waals surface area (Å²) in [6, 6.07) is 5.18. The van der Waals surface area contributed by atoms with Crippen molar-refractivity contribution in [1.29, 1.82) is 0 Å². The lowest BCUT2D eigenvalue weighted by Gasteiger charge is -2.09. The van der Waals surface area contributed by atoms with E-state index in [2.05, 4.69) is 10.6 Å². The molecule has 2 rings (SSSR count). The number of carbonyl (C=O) groups is 1. The highest BCUT2D eigenvalue weighted by molar-refractivity contribution is 6.35. The Morgan fingerprint density at radius 2 is 1.86 bits per heavy atom. The molecule has 0 aliphatic heterocycles. The maximum Gasteiger partial charge on any atom is 0.314 e. The number of ether oxygens (including phenoxy) is 1. The summed E-state index contributed by atoms with van der Waals surface area (Å²) in [6.45, 7) is 2.37. The number of amides is 2. The molecule has 1 aliphatic rings. The number of carbonyl (C=O) groups excluding carboxylic acids is 1. The minimum absolute atomic E-state index is 0.201. The minimum Gasteiger partial charge on any atom is -0.379 e. The Balaban J connectivity index is 1.56. The third-order valence-electron chi connectivity index (χ3n) is 3.30.